The van der Waals surface area contributed by atoms with Gasteiger partial charge >= 0.3 is 0 Å². The summed E-state index contributed by atoms with van der Waals surface area (Å²) >= 11 is 6.32. The van der Waals surface area contributed by atoms with Gasteiger partial charge in [0.1, 0.15) is 5.82 Å². The topological polar surface area (TPSA) is 81.7 Å². The second-order valence-electron chi connectivity index (χ2n) is 9.00. The number of hydrogen-bond acceptors (Lipinski definition) is 5. The smallest absolute Gasteiger partial charge is 0.182 e. The number of benzene rings is 3. The van der Waals surface area contributed by atoms with E-state index in [2.05, 4.69) is 76.0 Å². The number of hydrogen-bond donors (Lipinski definition) is 1. The summed E-state index contributed by atoms with van der Waals surface area (Å²) in [4.78, 5) is 4.51. The fraction of sp³-hybridized carbons (Fsp3) is 0.241. The Bertz CT molecular complexity index is 1460. The molecule has 0 radical (unpaired) electrons. The van der Waals surface area contributed by atoms with Crippen molar-refractivity contribution in [2.24, 2.45) is 0 Å². The van der Waals surface area contributed by atoms with Gasteiger partial charge in [0.05, 0.1) is 18.8 Å². The van der Waals surface area contributed by atoms with E-state index in [0.29, 0.717) is 23.9 Å². The lowest BCUT2D eigenvalue weighted by molar-refractivity contribution is 0.271. The van der Waals surface area contributed by atoms with E-state index in [4.69, 9.17) is 11.6 Å². The summed E-state index contributed by atoms with van der Waals surface area (Å²) in [6, 6.07) is 26.8. The van der Waals surface area contributed by atoms with Gasteiger partial charge in [0.2, 0.25) is 0 Å². The maximum atomic E-state index is 9.88. The Labute approximate surface area is 221 Å². The van der Waals surface area contributed by atoms with Gasteiger partial charge in [0, 0.05) is 18.5 Å². The molecule has 0 spiro atoms. The first kappa shape index (κ1) is 24.9. The standard InChI is InChI=1S/C29H29ClN6O/c1-2-3-13-27-31-28(30)26(20-37)35(27)18-22-14-16-23(17-15-22)24-11-7-8-12-25(24)29-32-33-34-36(29)19-21-9-5-4-6-10-21/h4-12,14-17,37H,2-3,13,18-20H2,1H3. The maximum Gasteiger partial charge on any atom is 0.182 e. The molecule has 0 saturated heterocycles. The number of aromatic nitrogens is 6. The summed E-state index contributed by atoms with van der Waals surface area (Å²) in [6.07, 6.45) is 2.93. The lowest BCUT2D eigenvalue weighted by Gasteiger charge is -2.13. The van der Waals surface area contributed by atoms with Crippen LogP contribution >= 0.6 is 11.6 Å². The van der Waals surface area contributed by atoms with Crippen LogP contribution in [0.15, 0.2) is 78.9 Å². The molecule has 0 atom stereocenters. The maximum absolute atomic E-state index is 9.88. The Kier molecular flexibility index (Phi) is 7.73. The van der Waals surface area contributed by atoms with Crippen LogP contribution in [0.1, 0.15) is 42.4 Å². The predicted octanol–water partition coefficient (Wildman–Crippen LogP) is 5.79. The van der Waals surface area contributed by atoms with Crippen LogP contribution in [0.5, 0.6) is 0 Å². The average molecular weight is 513 g/mol. The van der Waals surface area contributed by atoms with Gasteiger partial charge in [-0.2, -0.15) is 0 Å². The number of nitrogens with zero attached hydrogens (tertiary/aromatic N) is 6. The molecule has 5 rings (SSSR count). The number of imidazole rings is 1. The van der Waals surface area contributed by atoms with Gasteiger partial charge in [0.25, 0.3) is 0 Å². The molecular weight excluding hydrogens is 484 g/mol. The molecule has 0 fully saturated rings. The van der Waals surface area contributed by atoms with Gasteiger partial charge in [-0.05, 0) is 39.1 Å². The Morgan fingerprint density at radius 3 is 2.27 bits per heavy atom. The lowest BCUT2D eigenvalue weighted by Crippen LogP contribution is -2.09. The van der Waals surface area contributed by atoms with Crippen molar-refractivity contribution in [2.45, 2.75) is 45.9 Å². The zero-order chi connectivity index (χ0) is 25.6. The second kappa shape index (κ2) is 11.5. The van der Waals surface area contributed by atoms with E-state index in [0.717, 1.165) is 58.7 Å². The van der Waals surface area contributed by atoms with Crippen molar-refractivity contribution in [3.63, 3.8) is 0 Å². The first-order chi connectivity index (χ1) is 18.2. The molecular formula is C29H29ClN6O. The highest BCUT2D eigenvalue weighted by atomic mass is 35.5. The zero-order valence-electron chi connectivity index (χ0n) is 20.8. The number of aliphatic hydroxyl groups is 1. The fourth-order valence-electron chi connectivity index (χ4n) is 4.53. The van der Waals surface area contributed by atoms with E-state index in [1.807, 2.05) is 39.6 Å². The number of tetrazole rings is 1. The summed E-state index contributed by atoms with van der Waals surface area (Å²) < 4.78 is 3.87. The minimum absolute atomic E-state index is 0.138. The number of aliphatic hydroxyl groups excluding tert-OH is 1. The number of unbranched alkanes of at least 4 members (excludes halogenated alkanes) is 1. The molecule has 0 aliphatic rings. The highest BCUT2D eigenvalue weighted by Crippen LogP contribution is 2.31. The van der Waals surface area contributed by atoms with Crippen molar-refractivity contribution in [2.75, 3.05) is 0 Å². The molecule has 0 bridgehead atoms. The third-order valence-electron chi connectivity index (χ3n) is 6.49. The number of halogens is 1. The van der Waals surface area contributed by atoms with Crippen LogP contribution in [0.4, 0.5) is 0 Å². The van der Waals surface area contributed by atoms with E-state index in [1.54, 1.807) is 0 Å². The van der Waals surface area contributed by atoms with Crippen molar-refractivity contribution in [1.82, 2.24) is 29.8 Å². The van der Waals surface area contributed by atoms with Gasteiger partial charge in [-0.15, -0.1) is 5.10 Å². The average Bonchev–Trinajstić information content (AvgIpc) is 3.51. The monoisotopic (exact) mass is 512 g/mol. The van der Waals surface area contributed by atoms with Crippen LogP contribution in [-0.2, 0) is 26.1 Å². The molecule has 2 aromatic heterocycles. The van der Waals surface area contributed by atoms with Crippen molar-refractivity contribution in [1.29, 1.82) is 0 Å². The van der Waals surface area contributed by atoms with Crippen LogP contribution < -0.4 is 0 Å². The molecule has 188 valence electrons. The van der Waals surface area contributed by atoms with Crippen LogP contribution in [0.25, 0.3) is 22.5 Å². The van der Waals surface area contributed by atoms with Crippen molar-refractivity contribution in [3.8, 4) is 22.5 Å². The summed E-state index contributed by atoms with van der Waals surface area (Å²) in [7, 11) is 0. The molecule has 2 heterocycles. The lowest BCUT2D eigenvalue weighted by atomic mass is 9.98. The van der Waals surface area contributed by atoms with Gasteiger partial charge in [-0.1, -0.05) is 104 Å². The fourth-order valence-corrected chi connectivity index (χ4v) is 4.79. The quantitative estimate of drug-likeness (QED) is 0.256. The van der Waals surface area contributed by atoms with Gasteiger partial charge in [0.15, 0.2) is 11.0 Å². The van der Waals surface area contributed by atoms with Crippen LogP contribution in [0.3, 0.4) is 0 Å². The Morgan fingerprint density at radius 2 is 1.54 bits per heavy atom. The normalized spacial score (nSPS) is 11.2. The van der Waals surface area contributed by atoms with E-state index in [-0.39, 0.29) is 6.61 Å². The first-order valence-electron chi connectivity index (χ1n) is 12.5. The molecule has 0 saturated carbocycles. The molecule has 0 aliphatic heterocycles. The van der Waals surface area contributed by atoms with E-state index < -0.39 is 0 Å². The molecule has 8 heteroatoms. The Morgan fingerprint density at radius 1 is 0.838 bits per heavy atom. The molecule has 3 aromatic carbocycles. The molecule has 0 unspecified atom stereocenters. The summed E-state index contributed by atoms with van der Waals surface area (Å²) in [5.41, 5.74) is 6.01. The SMILES string of the molecule is CCCCc1nc(Cl)c(CO)n1Cc1ccc(-c2ccccc2-c2nnnn2Cc2ccccc2)cc1. The van der Waals surface area contributed by atoms with Crippen molar-refractivity contribution < 1.29 is 5.11 Å². The summed E-state index contributed by atoms with van der Waals surface area (Å²) in [6.45, 7) is 3.21. The number of aryl methyl sites for hydroxylation is 1. The third kappa shape index (κ3) is 5.48. The van der Waals surface area contributed by atoms with E-state index in [1.165, 1.54) is 0 Å². The minimum atomic E-state index is -0.138. The first-order valence-corrected chi connectivity index (χ1v) is 12.9. The molecule has 0 amide bonds. The van der Waals surface area contributed by atoms with Gasteiger partial charge in [-0.25, -0.2) is 9.67 Å². The summed E-state index contributed by atoms with van der Waals surface area (Å²) in [5.74, 6) is 1.64. The van der Waals surface area contributed by atoms with Crippen LogP contribution in [0, 0.1) is 0 Å². The number of rotatable bonds is 10. The summed E-state index contributed by atoms with van der Waals surface area (Å²) in [5, 5.41) is 22.8. The predicted molar refractivity (Wildman–Crippen MR) is 145 cm³/mol. The van der Waals surface area contributed by atoms with Crippen LogP contribution in [-0.4, -0.2) is 34.9 Å². The Balaban J connectivity index is 1.42. The molecule has 0 aliphatic carbocycles. The zero-order valence-corrected chi connectivity index (χ0v) is 21.5. The largest absolute Gasteiger partial charge is 0.390 e. The third-order valence-corrected chi connectivity index (χ3v) is 6.79. The Hall–Kier alpha value is -3.81. The molecule has 7 nitrogen and oxygen atoms in total. The van der Waals surface area contributed by atoms with E-state index in [9.17, 15) is 5.11 Å². The van der Waals surface area contributed by atoms with Crippen LogP contribution in [0.2, 0.25) is 5.15 Å². The van der Waals surface area contributed by atoms with Gasteiger partial charge in [-0.3, -0.25) is 0 Å². The molecule has 5 aromatic rings. The highest BCUT2D eigenvalue weighted by molar-refractivity contribution is 6.30. The van der Waals surface area contributed by atoms with Crippen molar-refractivity contribution in [3.05, 3.63) is 107 Å². The van der Waals surface area contributed by atoms with E-state index >= 15 is 0 Å². The second-order valence-corrected chi connectivity index (χ2v) is 9.36. The minimum Gasteiger partial charge on any atom is -0.390 e. The van der Waals surface area contributed by atoms with Crippen molar-refractivity contribution >= 4 is 11.6 Å². The molecule has 1 N–H and O–H groups in total. The van der Waals surface area contributed by atoms with Gasteiger partial charge < -0.3 is 9.67 Å². The molecule has 37 heavy (non-hydrogen) atoms. The highest BCUT2D eigenvalue weighted by Gasteiger charge is 2.17.